The van der Waals surface area contributed by atoms with Crippen LogP contribution in [0, 0.1) is 0 Å². The van der Waals surface area contributed by atoms with Gasteiger partial charge < -0.3 is 14.4 Å². The summed E-state index contributed by atoms with van der Waals surface area (Å²) in [5, 5.41) is 0. The van der Waals surface area contributed by atoms with E-state index in [1.807, 2.05) is 6.07 Å². The highest BCUT2D eigenvalue weighted by molar-refractivity contribution is 5.76. The Balaban J connectivity index is 2.15. The first-order chi connectivity index (χ1) is 9.26. The first-order valence-electron chi connectivity index (χ1n) is 6.93. The Morgan fingerprint density at radius 3 is 2.63 bits per heavy atom. The molecule has 0 radical (unpaired) electrons. The molecule has 0 N–H and O–H groups in total. The molecule has 0 spiro atoms. The van der Waals surface area contributed by atoms with E-state index in [0.717, 1.165) is 24.3 Å². The zero-order valence-corrected chi connectivity index (χ0v) is 12.0. The molecule has 2 aliphatic rings. The molecule has 3 rings (SSSR count). The highest BCUT2D eigenvalue weighted by atomic mass is 16.5. The van der Waals surface area contributed by atoms with Crippen molar-refractivity contribution in [1.29, 1.82) is 0 Å². The van der Waals surface area contributed by atoms with Crippen molar-refractivity contribution < 1.29 is 9.47 Å². The second-order valence-electron chi connectivity index (χ2n) is 5.28. The molecule has 0 saturated heterocycles. The Morgan fingerprint density at radius 1 is 1.05 bits per heavy atom. The molecule has 1 aliphatic heterocycles. The molecule has 1 aromatic carbocycles. The molecular formula is C16H21NO2. The molecule has 1 aliphatic carbocycles. The van der Waals surface area contributed by atoms with Gasteiger partial charge in [0.1, 0.15) is 0 Å². The first kappa shape index (κ1) is 12.4. The monoisotopic (exact) mass is 259 g/mol. The number of hydrogen-bond donors (Lipinski definition) is 0. The van der Waals surface area contributed by atoms with E-state index in [-0.39, 0.29) is 0 Å². The lowest BCUT2D eigenvalue weighted by Gasteiger charge is -2.35. The average molecular weight is 259 g/mol. The van der Waals surface area contributed by atoms with Crippen LogP contribution in [0.2, 0.25) is 0 Å². The SMILES string of the molecule is COc1ccc2c(c1OC)CCC1=C2CCCN1C. The zero-order valence-electron chi connectivity index (χ0n) is 12.0. The number of rotatable bonds is 2. The molecule has 0 fully saturated rings. The van der Waals surface area contributed by atoms with Gasteiger partial charge in [-0.25, -0.2) is 0 Å². The van der Waals surface area contributed by atoms with Gasteiger partial charge in [-0.1, -0.05) is 6.07 Å². The van der Waals surface area contributed by atoms with E-state index in [0.29, 0.717) is 0 Å². The van der Waals surface area contributed by atoms with Crippen LogP contribution in [0.5, 0.6) is 11.5 Å². The lowest BCUT2D eigenvalue weighted by molar-refractivity contribution is 0.347. The second kappa shape index (κ2) is 4.80. The van der Waals surface area contributed by atoms with Crippen molar-refractivity contribution in [3.8, 4) is 11.5 Å². The van der Waals surface area contributed by atoms with Crippen molar-refractivity contribution in [3.05, 3.63) is 29.0 Å². The van der Waals surface area contributed by atoms with Gasteiger partial charge in [0.2, 0.25) is 0 Å². The molecule has 0 aromatic heterocycles. The maximum Gasteiger partial charge on any atom is 0.164 e. The molecule has 102 valence electrons. The van der Waals surface area contributed by atoms with E-state index in [2.05, 4.69) is 18.0 Å². The molecule has 1 heterocycles. The number of hydrogen-bond acceptors (Lipinski definition) is 3. The van der Waals surface area contributed by atoms with Gasteiger partial charge in [0.15, 0.2) is 11.5 Å². The molecule has 3 nitrogen and oxygen atoms in total. The predicted octanol–water partition coefficient (Wildman–Crippen LogP) is 3.09. The van der Waals surface area contributed by atoms with E-state index in [1.54, 1.807) is 14.2 Å². The lowest BCUT2D eigenvalue weighted by Crippen LogP contribution is -2.27. The summed E-state index contributed by atoms with van der Waals surface area (Å²) in [6.07, 6.45) is 4.58. The Labute approximate surface area is 114 Å². The Bertz CT molecular complexity index is 534. The fourth-order valence-electron chi connectivity index (χ4n) is 3.40. The standard InChI is InChI=1S/C16H21NO2/c1-17-10-4-5-12-11-7-9-15(18-2)16(19-3)13(11)6-8-14(12)17/h7,9H,4-6,8,10H2,1-3H3. The van der Waals surface area contributed by atoms with Gasteiger partial charge in [-0.3, -0.25) is 0 Å². The van der Waals surface area contributed by atoms with Crippen LogP contribution in [-0.4, -0.2) is 32.7 Å². The van der Waals surface area contributed by atoms with Crippen molar-refractivity contribution in [2.24, 2.45) is 0 Å². The molecule has 3 heteroatoms. The van der Waals surface area contributed by atoms with Crippen LogP contribution in [0.15, 0.2) is 17.8 Å². The molecule has 0 saturated carbocycles. The Hall–Kier alpha value is -1.64. The van der Waals surface area contributed by atoms with Gasteiger partial charge in [-0.15, -0.1) is 0 Å². The number of methoxy groups -OCH3 is 2. The molecule has 19 heavy (non-hydrogen) atoms. The molecule has 0 bridgehead atoms. The molecular weight excluding hydrogens is 238 g/mol. The number of benzene rings is 1. The summed E-state index contributed by atoms with van der Waals surface area (Å²) in [4.78, 5) is 2.42. The molecule has 1 aromatic rings. The fraction of sp³-hybridized carbons (Fsp3) is 0.500. The summed E-state index contributed by atoms with van der Waals surface area (Å²) in [6, 6.07) is 4.23. The molecule has 0 atom stereocenters. The van der Waals surface area contributed by atoms with E-state index < -0.39 is 0 Å². The third-order valence-corrected chi connectivity index (χ3v) is 4.31. The number of fused-ring (bicyclic) bond motifs is 2. The van der Waals surface area contributed by atoms with Crippen LogP contribution >= 0.6 is 0 Å². The van der Waals surface area contributed by atoms with Crippen molar-refractivity contribution >= 4 is 5.57 Å². The topological polar surface area (TPSA) is 21.7 Å². The minimum Gasteiger partial charge on any atom is -0.493 e. The lowest BCUT2D eigenvalue weighted by atomic mass is 9.83. The third kappa shape index (κ3) is 1.88. The fourth-order valence-corrected chi connectivity index (χ4v) is 3.40. The van der Waals surface area contributed by atoms with E-state index in [4.69, 9.17) is 9.47 Å². The van der Waals surface area contributed by atoms with Crippen LogP contribution in [0.25, 0.3) is 5.57 Å². The van der Waals surface area contributed by atoms with Crippen LogP contribution < -0.4 is 9.47 Å². The summed E-state index contributed by atoms with van der Waals surface area (Å²) in [5.41, 5.74) is 5.71. The van der Waals surface area contributed by atoms with E-state index >= 15 is 0 Å². The van der Waals surface area contributed by atoms with Crippen molar-refractivity contribution in [2.75, 3.05) is 27.8 Å². The zero-order chi connectivity index (χ0) is 13.4. The summed E-state index contributed by atoms with van der Waals surface area (Å²) >= 11 is 0. The van der Waals surface area contributed by atoms with Gasteiger partial charge in [-0.05, 0) is 42.9 Å². The van der Waals surface area contributed by atoms with E-state index in [1.165, 1.54) is 41.8 Å². The summed E-state index contributed by atoms with van der Waals surface area (Å²) < 4.78 is 11.0. The highest BCUT2D eigenvalue weighted by Crippen LogP contribution is 2.44. The Kier molecular flexibility index (Phi) is 3.13. The van der Waals surface area contributed by atoms with Gasteiger partial charge in [0.05, 0.1) is 14.2 Å². The van der Waals surface area contributed by atoms with Gasteiger partial charge in [-0.2, -0.15) is 0 Å². The third-order valence-electron chi connectivity index (χ3n) is 4.31. The maximum atomic E-state index is 5.58. The smallest absolute Gasteiger partial charge is 0.164 e. The van der Waals surface area contributed by atoms with Crippen LogP contribution in [0.4, 0.5) is 0 Å². The predicted molar refractivity (Wildman–Crippen MR) is 76.7 cm³/mol. The van der Waals surface area contributed by atoms with Crippen molar-refractivity contribution in [2.45, 2.75) is 25.7 Å². The quantitative estimate of drug-likeness (QED) is 0.814. The van der Waals surface area contributed by atoms with Crippen molar-refractivity contribution in [3.63, 3.8) is 0 Å². The summed E-state index contributed by atoms with van der Waals surface area (Å²) in [6.45, 7) is 1.18. The first-order valence-corrected chi connectivity index (χ1v) is 6.93. The average Bonchev–Trinajstić information content (AvgIpc) is 2.45. The Morgan fingerprint density at radius 2 is 1.89 bits per heavy atom. The minimum absolute atomic E-state index is 0.842. The van der Waals surface area contributed by atoms with Crippen molar-refractivity contribution in [1.82, 2.24) is 4.90 Å². The summed E-state index contributed by atoms with van der Waals surface area (Å²) in [7, 11) is 5.64. The summed E-state index contributed by atoms with van der Waals surface area (Å²) in [5.74, 6) is 1.76. The number of ether oxygens (including phenoxy) is 2. The minimum atomic E-state index is 0.842. The maximum absolute atomic E-state index is 5.58. The van der Waals surface area contributed by atoms with Crippen LogP contribution in [-0.2, 0) is 6.42 Å². The van der Waals surface area contributed by atoms with Gasteiger partial charge in [0, 0.05) is 24.9 Å². The molecule has 0 amide bonds. The van der Waals surface area contributed by atoms with E-state index in [9.17, 15) is 0 Å². The van der Waals surface area contributed by atoms with Crippen LogP contribution in [0.3, 0.4) is 0 Å². The van der Waals surface area contributed by atoms with Crippen LogP contribution in [0.1, 0.15) is 30.4 Å². The highest BCUT2D eigenvalue weighted by Gasteiger charge is 2.27. The largest absolute Gasteiger partial charge is 0.493 e. The number of allylic oxidation sites excluding steroid dienone is 2. The van der Waals surface area contributed by atoms with Gasteiger partial charge >= 0.3 is 0 Å². The number of nitrogens with zero attached hydrogens (tertiary/aromatic N) is 1. The normalized spacial score (nSPS) is 17.9. The second-order valence-corrected chi connectivity index (χ2v) is 5.28. The molecule has 0 unspecified atom stereocenters. The van der Waals surface area contributed by atoms with Gasteiger partial charge in [0.25, 0.3) is 0 Å².